The third-order valence-electron chi connectivity index (χ3n) is 5.32. The molecule has 29 heavy (non-hydrogen) atoms. The second-order valence-electron chi connectivity index (χ2n) is 7.50. The Kier molecular flexibility index (Phi) is 4.65. The molecule has 1 saturated carbocycles. The van der Waals surface area contributed by atoms with Crippen molar-refractivity contribution in [3.8, 4) is 0 Å². The number of sulfonamides is 2. The van der Waals surface area contributed by atoms with E-state index in [0.29, 0.717) is 6.42 Å². The molecule has 3 unspecified atom stereocenters. The molecule has 4 rings (SSSR count). The van der Waals surface area contributed by atoms with E-state index < -0.39 is 31.9 Å². The second-order valence-corrected chi connectivity index (χ2v) is 10.8. The average molecular weight is 441 g/mol. The molecule has 1 amide bonds. The summed E-state index contributed by atoms with van der Waals surface area (Å²) >= 11 is 0. The fourth-order valence-corrected chi connectivity index (χ4v) is 5.83. The van der Waals surface area contributed by atoms with Crippen molar-refractivity contribution in [2.24, 2.45) is 16.2 Å². The van der Waals surface area contributed by atoms with Gasteiger partial charge in [0.15, 0.2) is 11.7 Å². The zero-order valence-corrected chi connectivity index (χ0v) is 17.1. The number of nitrogens with one attached hydrogen (secondary N) is 3. The van der Waals surface area contributed by atoms with Crippen LogP contribution in [-0.4, -0.2) is 46.7 Å². The number of nitrogens with zero attached hydrogens (tertiary/aromatic N) is 1. The number of carbonyl (C=O) groups is 2. The molecule has 1 aromatic rings. The molecule has 2 fully saturated rings. The summed E-state index contributed by atoms with van der Waals surface area (Å²) in [6, 6.07) is 3.67. The van der Waals surface area contributed by atoms with Crippen molar-refractivity contribution < 1.29 is 26.4 Å². The highest BCUT2D eigenvalue weighted by molar-refractivity contribution is 7.92. The summed E-state index contributed by atoms with van der Waals surface area (Å²) in [5, 5.41) is 5.61. The largest absolute Gasteiger partial charge is 0.352 e. The van der Waals surface area contributed by atoms with Crippen LogP contribution >= 0.6 is 0 Å². The van der Waals surface area contributed by atoms with Crippen molar-refractivity contribution in [3.05, 3.63) is 18.2 Å². The van der Waals surface area contributed by atoms with Gasteiger partial charge >= 0.3 is 0 Å². The second kappa shape index (κ2) is 6.80. The number of rotatable bonds is 3. The van der Waals surface area contributed by atoms with Gasteiger partial charge in [0.2, 0.25) is 15.9 Å². The summed E-state index contributed by atoms with van der Waals surface area (Å²) in [5.74, 6) is -2.77. The molecule has 10 nitrogen and oxygen atoms in total. The number of benzene rings is 1. The third kappa shape index (κ3) is 3.73. The summed E-state index contributed by atoms with van der Waals surface area (Å²) in [4.78, 5) is 25.3. The molecule has 3 aliphatic rings. The molecule has 12 heteroatoms. The lowest BCUT2D eigenvalue weighted by Gasteiger charge is -2.38. The number of hydrogen-bond acceptors (Lipinski definition) is 7. The number of hydrogen-bond donors (Lipinski definition) is 3. The van der Waals surface area contributed by atoms with Gasteiger partial charge < -0.3 is 10.6 Å². The first-order chi connectivity index (χ1) is 13.5. The van der Waals surface area contributed by atoms with Crippen LogP contribution in [0.25, 0.3) is 0 Å². The van der Waals surface area contributed by atoms with Crippen LogP contribution in [0.4, 0.5) is 11.4 Å². The van der Waals surface area contributed by atoms with Crippen molar-refractivity contribution in [1.82, 2.24) is 5.32 Å². The summed E-state index contributed by atoms with van der Waals surface area (Å²) in [6.45, 7) is 0. The molecule has 1 saturated heterocycles. The van der Waals surface area contributed by atoms with Gasteiger partial charge in [-0.1, -0.05) is 12.8 Å². The van der Waals surface area contributed by atoms with Crippen LogP contribution in [0.3, 0.4) is 0 Å². The smallest absolute Gasteiger partial charge is 0.286 e. The molecule has 3 N–H and O–H groups in total. The van der Waals surface area contributed by atoms with Gasteiger partial charge in [0.1, 0.15) is 10.7 Å². The maximum absolute atomic E-state index is 13.0. The summed E-state index contributed by atoms with van der Waals surface area (Å²) in [6.07, 6.45) is 4.14. The van der Waals surface area contributed by atoms with E-state index in [1.165, 1.54) is 12.1 Å². The number of ketones is 1. The van der Waals surface area contributed by atoms with Crippen LogP contribution in [0, 0.1) is 11.8 Å². The summed E-state index contributed by atoms with van der Waals surface area (Å²) in [5.41, 5.74) is 0.187. The minimum absolute atomic E-state index is 0.0619. The van der Waals surface area contributed by atoms with E-state index in [9.17, 15) is 26.4 Å². The van der Waals surface area contributed by atoms with Gasteiger partial charge in [-0.05, 0) is 31.0 Å². The Bertz CT molecular complexity index is 1140. The first-order valence-electron chi connectivity index (χ1n) is 9.13. The first kappa shape index (κ1) is 19.8. The lowest BCUT2D eigenvalue weighted by Crippen LogP contribution is -2.59. The number of amides is 1. The minimum atomic E-state index is -4.24. The van der Waals surface area contributed by atoms with Crippen LogP contribution in [0.5, 0.6) is 0 Å². The van der Waals surface area contributed by atoms with Gasteiger partial charge in [0, 0.05) is 17.6 Å². The van der Waals surface area contributed by atoms with E-state index in [-0.39, 0.29) is 39.8 Å². The minimum Gasteiger partial charge on any atom is -0.352 e. The van der Waals surface area contributed by atoms with Gasteiger partial charge in [0.25, 0.3) is 10.0 Å². The quantitative estimate of drug-likeness (QED) is 0.577. The Hall–Kier alpha value is -2.47. The SMILES string of the molecule is CS(=O)(=O)Nc1ccc2c(c1)S(=O)(=O)N=C(C1C(=O)NC3CCCCC3C1=O)N2. The van der Waals surface area contributed by atoms with Gasteiger partial charge in [-0.25, -0.2) is 8.42 Å². The lowest BCUT2D eigenvalue weighted by atomic mass is 9.74. The number of piperidine rings is 1. The zero-order valence-electron chi connectivity index (χ0n) is 15.5. The maximum Gasteiger partial charge on any atom is 0.286 e. The molecule has 1 aromatic carbocycles. The van der Waals surface area contributed by atoms with Crippen molar-refractivity contribution in [1.29, 1.82) is 0 Å². The summed E-state index contributed by atoms with van der Waals surface area (Å²) < 4.78 is 54.0. The van der Waals surface area contributed by atoms with Crippen LogP contribution in [0.15, 0.2) is 27.5 Å². The van der Waals surface area contributed by atoms with Crippen molar-refractivity contribution in [2.75, 3.05) is 16.3 Å². The first-order valence-corrected chi connectivity index (χ1v) is 12.5. The Morgan fingerprint density at radius 2 is 1.90 bits per heavy atom. The molecular weight excluding hydrogens is 420 g/mol. The number of carbonyl (C=O) groups excluding carboxylic acids is 2. The van der Waals surface area contributed by atoms with E-state index in [1.807, 2.05) is 0 Å². The number of Topliss-reactive ketones (excluding diaryl/α,β-unsaturated/α-hetero) is 1. The van der Waals surface area contributed by atoms with E-state index in [4.69, 9.17) is 0 Å². The molecule has 0 bridgehead atoms. The van der Waals surface area contributed by atoms with Gasteiger partial charge in [-0.3, -0.25) is 14.3 Å². The molecule has 2 aliphatic heterocycles. The topological polar surface area (TPSA) is 151 Å². The van der Waals surface area contributed by atoms with E-state index >= 15 is 0 Å². The maximum atomic E-state index is 13.0. The Labute approximate surface area is 168 Å². The summed E-state index contributed by atoms with van der Waals surface area (Å²) in [7, 11) is -7.83. The molecule has 0 radical (unpaired) electrons. The molecule has 0 spiro atoms. The van der Waals surface area contributed by atoms with Crippen LogP contribution in [0.2, 0.25) is 0 Å². The Morgan fingerprint density at radius 1 is 1.17 bits per heavy atom. The molecular formula is C17H20N4O6S2. The zero-order chi connectivity index (χ0) is 21.0. The predicted octanol–water partition coefficient (Wildman–Crippen LogP) is 0.445. The van der Waals surface area contributed by atoms with Crippen LogP contribution < -0.4 is 15.4 Å². The van der Waals surface area contributed by atoms with Gasteiger partial charge in [-0.2, -0.15) is 8.42 Å². The molecule has 156 valence electrons. The molecule has 2 heterocycles. The highest BCUT2D eigenvalue weighted by atomic mass is 32.2. The van der Waals surface area contributed by atoms with Crippen LogP contribution in [0.1, 0.15) is 25.7 Å². The fraction of sp³-hybridized carbons (Fsp3) is 0.471. The van der Waals surface area contributed by atoms with Crippen LogP contribution in [-0.2, 0) is 29.6 Å². The fourth-order valence-electron chi connectivity index (χ4n) is 4.09. The highest BCUT2D eigenvalue weighted by Crippen LogP contribution is 2.35. The monoisotopic (exact) mass is 440 g/mol. The van der Waals surface area contributed by atoms with Crippen molar-refractivity contribution in [3.63, 3.8) is 0 Å². The highest BCUT2D eigenvalue weighted by Gasteiger charge is 2.47. The van der Waals surface area contributed by atoms with Gasteiger partial charge in [0.05, 0.1) is 11.9 Å². The normalized spacial score (nSPS) is 28.3. The molecule has 3 atom stereocenters. The standard InChI is InChI=1S/C17H20N4O6S2/c1-28(24,25)20-9-6-7-12-13(8-9)29(26,27)21-16(18-12)14-15(22)10-4-2-3-5-11(10)19-17(14)23/h6-8,10-11,14,20H,2-5H2,1H3,(H,18,21)(H,19,23). The predicted molar refractivity (Wildman–Crippen MR) is 106 cm³/mol. The molecule has 1 aliphatic carbocycles. The van der Waals surface area contributed by atoms with Crippen molar-refractivity contribution >= 4 is 48.9 Å². The Morgan fingerprint density at radius 3 is 2.62 bits per heavy atom. The van der Waals surface area contributed by atoms with Crippen molar-refractivity contribution in [2.45, 2.75) is 36.6 Å². The number of anilines is 2. The number of fused-ring (bicyclic) bond motifs is 2. The Balaban J connectivity index is 1.68. The van der Waals surface area contributed by atoms with Gasteiger partial charge in [-0.15, -0.1) is 4.40 Å². The number of amidine groups is 1. The average Bonchev–Trinajstić information content (AvgIpc) is 2.60. The lowest BCUT2D eigenvalue weighted by molar-refractivity contribution is -0.139. The molecule has 0 aromatic heterocycles. The van der Waals surface area contributed by atoms with E-state index in [2.05, 4.69) is 19.8 Å². The van der Waals surface area contributed by atoms with E-state index in [1.54, 1.807) is 0 Å². The van der Waals surface area contributed by atoms with E-state index in [0.717, 1.165) is 31.6 Å². The third-order valence-corrected chi connectivity index (χ3v) is 7.26.